The van der Waals surface area contributed by atoms with Crippen LogP contribution in [-0.2, 0) is 4.74 Å². The van der Waals surface area contributed by atoms with Crippen molar-refractivity contribution in [2.24, 2.45) is 51.5 Å². The minimum Gasteiger partial charge on any atom is -0.385 e. The predicted molar refractivity (Wildman–Crippen MR) is 115 cm³/mol. The first-order chi connectivity index (χ1) is 13.4. The van der Waals surface area contributed by atoms with Gasteiger partial charge in [-0.25, -0.2) is 0 Å². The topological polar surface area (TPSA) is 38.7 Å². The molecule has 4 saturated carbocycles. The molecule has 0 aromatic rings. The Morgan fingerprint density at radius 1 is 1.00 bits per heavy atom. The summed E-state index contributed by atoms with van der Waals surface area (Å²) in [7, 11) is 1.83. The molecular formula is C25H43NO2. The lowest BCUT2D eigenvalue weighted by atomic mass is 9.44. The van der Waals surface area contributed by atoms with Gasteiger partial charge in [0, 0.05) is 13.7 Å². The number of nitroso groups, excluding NO2 is 1. The molecule has 28 heavy (non-hydrogen) atoms. The number of hydrogen-bond acceptors (Lipinski definition) is 3. The first-order valence-corrected chi connectivity index (χ1v) is 12.3. The average molecular weight is 390 g/mol. The molecule has 0 N–H and O–H groups in total. The monoisotopic (exact) mass is 389 g/mol. The van der Waals surface area contributed by atoms with Gasteiger partial charge < -0.3 is 4.74 Å². The third-order valence-corrected chi connectivity index (χ3v) is 10.6. The molecule has 4 aliphatic rings. The van der Waals surface area contributed by atoms with Gasteiger partial charge in [-0.2, -0.15) is 4.91 Å². The molecule has 4 rings (SSSR count). The summed E-state index contributed by atoms with van der Waals surface area (Å²) < 4.78 is 5.31. The normalized spacial score (nSPS) is 49.0. The maximum absolute atomic E-state index is 11.1. The fraction of sp³-hybridized carbons (Fsp3) is 1.00. The van der Waals surface area contributed by atoms with Crippen molar-refractivity contribution in [3.05, 3.63) is 4.91 Å². The summed E-state index contributed by atoms with van der Waals surface area (Å²) in [6.45, 7) is 8.70. The van der Waals surface area contributed by atoms with Crippen LogP contribution >= 0.6 is 0 Å². The quantitative estimate of drug-likeness (QED) is 0.368. The molecule has 0 aromatic heterocycles. The highest BCUT2D eigenvalue weighted by Crippen LogP contribution is 2.68. The predicted octanol–water partition coefficient (Wildman–Crippen LogP) is 6.84. The summed E-state index contributed by atoms with van der Waals surface area (Å²) >= 11 is 0. The highest BCUT2D eigenvalue weighted by atomic mass is 16.5. The number of nitrogens with zero attached hydrogens (tertiary/aromatic N) is 1. The maximum atomic E-state index is 11.1. The van der Waals surface area contributed by atoms with Crippen LogP contribution in [0.25, 0.3) is 0 Å². The van der Waals surface area contributed by atoms with Gasteiger partial charge in [-0.05, 0) is 117 Å². The summed E-state index contributed by atoms with van der Waals surface area (Å²) in [5.74, 6) is 5.29. The first kappa shape index (κ1) is 20.8. The lowest BCUT2D eigenvalue weighted by Gasteiger charge is -2.61. The Morgan fingerprint density at radius 2 is 1.75 bits per heavy atom. The molecule has 0 bridgehead atoms. The molecule has 0 heterocycles. The minimum absolute atomic E-state index is 0.104. The van der Waals surface area contributed by atoms with E-state index in [1.54, 1.807) is 0 Å². The highest BCUT2D eigenvalue weighted by molar-refractivity contribution is 5.10. The van der Waals surface area contributed by atoms with Gasteiger partial charge in [0.05, 0.1) is 6.04 Å². The van der Waals surface area contributed by atoms with E-state index in [1.165, 1.54) is 57.8 Å². The van der Waals surface area contributed by atoms with Crippen molar-refractivity contribution >= 4 is 0 Å². The minimum atomic E-state index is 0.104. The van der Waals surface area contributed by atoms with Crippen LogP contribution in [0.2, 0.25) is 0 Å². The third-order valence-electron chi connectivity index (χ3n) is 10.6. The molecule has 3 heteroatoms. The van der Waals surface area contributed by atoms with Crippen molar-refractivity contribution in [2.45, 2.75) is 97.4 Å². The van der Waals surface area contributed by atoms with Gasteiger partial charge in [-0.1, -0.05) is 25.9 Å². The van der Waals surface area contributed by atoms with Crippen LogP contribution in [0.5, 0.6) is 0 Å². The van der Waals surface area contributed by atoms with Gasteiger partial charge in [0.1, 0.15) is 0 Å². The SMILES string of the molecule is COCCCC(C)C1CCC2C3CC[C@@H]4C[C@H](N=O)CC[C@]4(C)C3CC[C@]12C. The number of ether oxygens (including phenoxy) is 1. The molecule has 3 nitrogen and oxygen atoms in total. The standard InChI is InChI=1S/C25H43NO2/c1-17(6-5-15-28-4)21-9-10-22-20-8-7-18-16-19(26-27)11-13-24(18,2)23(20)12-14-25(21,22)3/h17-23H,5-16H2,1-4H3/t17?,18-,19-,20?,21?,22?,23?,24+,25-/m1/s1. The fourth-order valence-electron chi connectivity index (χ4n) is 9.06. The Kier molecular flexibility index (Phi) is 5.95. The molecule has 0 amide bonds. The second-order valence-corrected chi connectivity index (χ2v) is 11.5. The molecule has 0 aliphatic heterocycles. The Labute approximate surface area is 172 Å². The van der Waals surface area contributed by atoms with Gasteiger partial charge in [-0.15, -0.1) is 0 Å². The Hall–Kier alpha value is -0.440. The summed E-state index contributed by atoms with van der Waals surface area (Å²) in [5.41, 5.74) is 1.05. The van der Waals surface area contributed by atoms with E-state index in [-0.39, 0.29) is 6.04 Å². The van der Waals surface area contributed by atoms with E-state index in [0.717, 1.165) is 55.0 Å². The van der Waals surface area contributed by atoms with Crippen LogP contribution in [0.3, 0.4) is 0 Å². The van der Waals surface area contributed by atoms with E-state index in [2.05, 4.69) is 25.9 Å². The number of methoxy groups -OCH3 is 1. The second-order valence-electron chi connectivity index (χ2n) is 11.5. The Morgan fingerprint density at radius 3 is 2.50 bits per heavy atom. The summed E-state index contributed by atoms with van der Waals surface area (Å²) in [6.07, 6.45) is 14.5. The molecule has 160 valence electrons. The number of fused-ring (bicyclic) bond motifs is 5. The molecule has 0 saturated heterocycles. The molecule has 0 radical (unpaired) electrons. The number of rotatable bonds is 6. The molecule has 4 fully saturated rings. The largest absolute Gasteiger partial charge is 0.385 e. The lowest BCUT2D eigenvalue weighted by molar-refractivity contribution is -0.116. The zero-order chi connectivity index (χ0) is 19.9. The van der Waals surface area contributed by atoms with E-state index < -0.39 is 0 Å². The van der Waals surface area contributed by atoms with Crippen LogP contribution in [0.4, 0.5) is 0 Å². The van der Waals surface area contributed by atoms with Gasteiger partial charge in [0.25, 0.3) is 0 Å². The van der Waals surface area contributed by atoms with Gasteiger partial charge in [-0.3, -0.25) is 0 Å². The first-order valence-electron chi connectivity index (χ1n) is 12.3. The van der Waals surface area contributed by atoms with E-state index in [1.807, 2.05) is 7.11 Å². The van der Waals surface area contributed by atoms with Crippen molar-refractivity contribution in [3.8, 4) is 0 Å². The summed E-state index contributed by atoms with van der Waals surface area (Å²) in [4.78, 5) is 11.1. The Bertz CT molecular complexity index is 565. The van der Waals surface area contributed by atoms with Crippen LogP contribution in [0.1, 0.15) is 91.4 Å². The fourth-order valence-corrected chi connectivity index (χ4v) is 9.06. The second kappa shape index (κ2) is 8.00. The lowest BCUT2D eigenvalue weighted by Crippen LogP contribution is -2.54. The third kappa shape index (κ3) is 3.28. The van der Waals surface area contributed by atoms with Gasteiger partial charge in [0.15, 0.2) is 0 Å². The van der Waals surface area contributed by atoms with E-state index in [9.17, 15) is 4.91 Å². The zero-order valence-electron chi connectivity index (χ0n) is 18.8. The zero-order valence-corrected chi connectivity index (χ0v) is 18.8. The molecule has 0 spiro atoms. The number of hydrogen-bond donors (Lipinski definition) is 0. The van der Waals surface area contributed by atoms with Crippen LogP contribution in [0.15, 0.2) is 5.18 Å². The van der Waals surface area contributed by atoms with Crippen molar-refractivity contribution in [1.82, 2.24) is 0 Å². The van der Waals surface area contributed by atoms with E-state index in [0.29, 0.717) is 10.8 Å². The van der Waals surface area contributed by atoms with Gasteiger partial charge >= 0.3 is 0 Å². The smallest absolute Gasteiger partial charge is 0.0922 e. The molecule has 9 atom stereocenters. The molecular weight excluding hydrogens is 346 g/mol. The van der Waals surface area contributed by atoms with Crippen LogP contribution in [-0.4, -0.2) is 19.8 Å². The van der Waals surface area contributed by atoms with Crippen molar-refractivity contribution in [2.75, 3.05) is 13.7 Å². The Balaban J connectivity index is 1.48. The van der Waals surface area contributed by atoms with E-state index in [4.69, 9.17) is 4.74 Å². The van der Waals surface area contributed by atoms with Crippen molar-refractivity contribution < 1.29 is 4.74 Å². The van der Waals surface area contributed by atoms with Crippen molar-refractivity contribution in [3.63, 3.8) is 0 Å². The van der Waals surface area contributed by atoms with Gasteiger partial charge in [0.2, 0.25) is 0 Å². The van der Waals surface area contributed by atoms with E-state index >= 15 is 0 Å². The molecule has 5 unspecified atom stereocenters. The summed E-state index contributed by atoms with van der Waals surface area (Å²) in [6, 6.07) is 0.104. The molecule has 4 aliphatic carbocycles. The highest BCUT2D eigenvalue weighted by Gasteiger charge is 2.60. The van der Waals surface area contributed by atoms with Crippen LogP contribution < -0.4 is 0 Å². The summed E-state index contributed by atoms with van der Waals surface area (Å²) in [5, 5.41) is 3.44. The van der Waals surface area contributed by atoms with Crippen molar-refractivity contribution in [1.29, 1.82) is 0 Å². The maximum Gasteiger partial charge on any atom is 0.0922 e. The molecule has 0 aromatic carbocycles. The van der Waals surface area contributed by atoms with Crippen LogP contribution in [0, 0.1) is 51.2 Å². The average Bonchev–Trinajstić information content (AvgIpc) is 3.04.